The van der Waals surface area contributed by atoms with Crippen molar-refractivity contribution < 1.29 is 15.0 Å². The number of carboxylic acids is 1. The normalized spacial score (nSPS) is 19.9. The molecule has 5 nitrogen and oxygen atoms in total. The van der Waals surface area contributed by atoms with Gasteiger partial charge in [0.1, 0.15) is 0 Å². The first kappa shape index (κ1) is 13.4. The van der Waals surface area contributed by atoms with Crippen molar-refractivity contribution in [1.29, 1.82) is 0 Å². The van der Waals surface area contributed by atoms with Crippen LogP contribution < -0.4 is 0 Å². The molecule has 0 aromatic heterocycles. The Morgan fingerprint density at radius 2 is 1.69 bits per heavy atom. The van der Waals surface area contributed by atoms with E-state index >= 15 is 0 Å². The predicted octanol–water partition coefficient (Wildman–Crippen LogP) is -0.150. The molecule has 1 rings (SSSR count). The maximum absolute atomic E-state index is 10.5. The highest BCUT2D eigenvalue weighted by Crippen LogP contribution is 2.10. The fraction of sp³-hybridized carbons (Fsp3) is 0.909. The second kappa shape index (κ2) is 5.61. The highest BCUT2D eigenvalue weighted by molar-refractivity contribution is 5.69. The van der Waals surface area contributed by atoms with E-state index in [1.165, 1.54) is 0 Å². The molecular formula is C11H22N2O3. The van der Waals surface area contributed by atoms with Crippen molar-refractivity contribution in [3.05, 3.63) is 0 Å². The zero-order valence-corrected chi connectivity index (χ0v) is 10.1. The third-order valence-corrected chi connectivity index (χ3v) is 2.86. The van der Waals surface area contributed by atoms with Crippen LogP contribution in [-0.4, -0.2) is 70.9 Å². The van der Waals surface area contributed by atoms with E-state index in [0.717, 1.165) is 39.1 Å². The van der Waals surface area contributed by atoms with E-state index in [2.05, 4.69) is 4.90 Å². The number of nitrogens with zero attached hydrogens (tertiary/aromatic N) is 2. The van der Waals surface area contributed by atoms with E-state index in [9.17, 15) is 9.90 Å². The van der Waals surface area contributed by atoms with Crippen molar-refractivity contribution in [1.82, 2.24) is 9.80 Å². The van der Waals surface area contributed by atoms with Crippen molar-refractivity contribution in [3.8, 4) is 0 Å². The molecule has 2 N–H and O–H groups in total. The van der Waals surface area contributed by atoms with Gasteiger partial charge < -0.3 is 15.1 Å². The van der Waals surface area contributed by atoms with Crippen LogP contribution in [0.2, 0.25) is 0 Å². The van der Waals surface area contributed by atoms with Crippen molar-refractivity contribution in [2.45, 2.75) is 25.9 Å². The predicted molar refractivity (Wildman–Crippen MR) is 61.4 cm³/mol. The number of carboxylic acid groups (broad SMARTS) is 1. The molecule has 1 heterocycles. The largest absolute Gasteiger partial charge is 0.480 e. The van der Waals surface area contributed by atoms with Crippen molar-refractivity contribution >= 4 is 5.97 Å². The number of hydrogen-bond donors (Lipinski definition) is 2. The Hall–Kier alpha value is -0.650. The van der Waals surface area contributed by atoms with Gasteiger partial charge in [0.2, 0.25) is 0 Å². The minimum absolute atomic E-state index is 0.138. The van der Waals surface area contributed by atoms with Crippen LogP contribution in [0.4, 0.5) is 0 Å². The quantitative estimate of drug-likeness (QED) is 0.687. The van der Waals surface area contributed by atoms with Crippen molar-refractivity contribution in [3.63, 3.8) is 0 Å². The van der Waals surface area contributed by atoms with Gasteiger partial charge in [0.15, 0.2) is 0 Å². The minimum Gasteiger partial charge on any atom is -0.480 e. The molecule has 16 heavy (non-hydrogen) atoms. The van der Waals surface area contributed by atoms with Crippen LogP contribution in [-0.2, 0) is 4.79 Å². The molecule has 0 aromatic rings. The lowest BCUT2D eigenvalue weighted by atomic mass is 10.1. The lowest BCUT2D eigenvalue weighted by molar-refractivity contribution is -0.138. The van der Waals surface area contributed by atoms with Gasteiger partial charge in [0.05, 0.1) is 12.1 Å². The fourth-order valence-electron chi connectivity index (χ4n) is 1.79. The summed E-state index contributed by atoms with van der Waals surface area (Å²) in [6.45, 7) is 8.04. The Kier molecular flexibility index (Phi) is 4.70. The third-order valence-electron chi connectivity index (χ3n) is 2.86. The van der Waals surface area contributed by atoms with Gasteiger partial charge in [-0.05, 0) is 20.3 Å². The fourth-order valence-corrected chi connectivity index (χ4v) is 1.79. The lowest BCUT2D eigenvalue weighted by Crippen LogP contribution is -2.48. The highest BCUT2D eigenvalue weighted by atomic mass is 16.4. The van der Waals surface area contributed by atoms with E-state index in [0.29, 0.717) is 0 Å². The van der Waals surface area contributed by atoms with Crippen LogP contribution in [0.3, 0.4) is 0 Å². The first-order chi connectivity index (χ1) is 7.37. The molecule has 0 bridgehead atoms. The molecule has 1 aliphatic heterocycles. The second-order valence-corrected chi connectivity index (χ2v) is 5.07. The van der Waals surface area contributed by atoms with Gasteiger partial charge in [-0.25, -0.2) is 0 Å². The molecule has 0 radical (unpaired) electrons. The zero-order valence-electron chi connectivity index (χ0n) is 10.1. The van der Waals surface area contributed by atoms with Gasteiger partial charge in [-0.2, -0.15) is 0 Å². The molecule has 0 aliphatic carbocycles. The molecule has 0 atom stereocenters. The molecule has 5 heteroatoms. The maximum atomic E-state index is 10.5. The van der Waals surface area contributed by atoms with E-state index < -0.39 is 11.6 Å². The topological polar surface area (TPSA) is 64.0 Å². The molecule has 0 saturated carbocycles. The second-order valence-electron chi connectivity index (χ2n) is 5.07. The summed E-state index contributed by atoms with van der Waals surface area (Å²) in [5.74, 6) is -0.759. The Balaban J connectivity index is 2.19. The highest BCUT2D eigenvalue weighted by Gasteiger charge is 2.20. The summed E-state index contributed by atoms with van der Waals surface area (Å²) in [7, 11) is 0. The van der Waals surface area contributed by atoms with Gasteiger partial charge in [-0.1, -0.05) is 0 Å². The summed E-state index contributed by atoms with van der Waals surface area (Å²) in [5.41, 5.74) is -0.613. The molecule has 1 fully saturated rings. The van der Waals surface area contributed by atoms with Crippen molar-refractivity contribution in [2.75, 3.05) is 39.3 Å². The Morgan fingerprint density at radius 1 is 1.19 bits per heavy atom. The van der Waals surface area contributed by atoms with Crippen LogP contribution in [0.25, 0.3) is 0 Å². The molecule has 0 unspecified atom stereocenters. The Labute approximate surface area is 96.7 Å². The number of piperazine rings is 1. The summed E-state index contributed by atoms with van der Waals surface area (Å²) < 4.78 is 0. The van der Waals surface area contributed by atoms with Crippen LogP contribution in [0.5, 0.6) is 0 Å². The molecule has 0 spiro atoms. The maximum Gasteiger partial charge on any atom is 0.317 e. The van der Waals surface area contributed by atoms with E-state index in [1.54, 1.807) is 0 Å². The number of rotatable bonds is 5. The van der Waals surface area contributed by atoms with E-state index in [1.807, 2.05) is 18.7 Å². The van der Waals surface area contributed by atoms with Gasteiger partial charge >= 0.3 is 5.97 Å². The number of aliphatic hydroxyl groups is 1. The van der Waals surface area contributed by atoms with Crippen LogP contribution >= 0.6 is 0 Å². The minimum atomic E-state index is -0.759. The molecular weight excluding hydrogens is 208 g/mol. The SMILES string of the molecule is CC(C)(O)CCN1CCN(CC(=O)O)CC1. The smallest absolute Gasteiger partial charge is 0.317 e. The third kappa shape index (κ3) is 5.44. The first-order valence-electron chi connectivity index (χ1n) is 5.76. The molecule has 1 aliphatic rings. The summed E-state index contributed by atoms with van der Waals surface area (Å²) in [5, 5.41) is 18.3. The summed E-state index contributed by atoms with van der Waals surface area (Å²) in [4.78, 5) is 14.7. The van der Waals surface area contributed by atoms with Crippen LogP contribution in [0.1, 0.15) is 20.3 Å². The average molecular weight is 230 g/mol. The summed E-state index contributed by atoms with van der Waals surface area (Å²) in [6, 6.07) is 0. The van der Waals surface area contributed by atoms with Crippen molar-refractivity contribution in [2.24, 2.45) is 0 Å². The van der Waals surface area contributed by atoms with Crippen LogP contribution in [0, 0.1) is 0 Å². The first-order valence-corrected chi connectivity index (χ1v) is 5.76. The monoisotopic (exact) mass is 230 g/mol. The van der Waals surface area contributed by atoms with Gasteiger partial charge in [-0.3, -0.25) is 9.69 Å². The Morgan fingerprint density at radius 3 is 2.12 bits per heavy atom. The standard InChI is InChI=1S/C11H22N2O3/c1-11(2,16)3-4-12-5-7-13(8-6-12)9-10(14)15/h16H,3-9H2,1-2H3,(H,14,15). The molecule has 1 saturated heterocycles. The number of hydrogen-bond acceptors (Lipinski definition) is 4. The number of aliphatic carboxylic acids is 1. The summed E-state index contributed by atoms with van der Waals surface area (Å²) >= 11 is 0. The Bertz CT molecular complexity index is 230. The zero-order chi connectivity index (χ0) is 12.2. The molecule has 0 aromatic carbocycles. The number of carbonyl (C=O) groups is 1. The average Bonchev–Trinajstić information content (AvgIpc) is 2.14. The van der Waals surface area contributed by atoms with Crippen LogP contribution in [0.15, 0.2) is 0 Å². The van der Waals surface area contributed by atoms with E-state index in [-0.39, 0.29) is 6.54 Å². The van der Waals surface area contributed by atoms with Gasteiger partial charge in [0.25, 0.3) is 0 Å². The molecule has 0 amide bonds. The van der Waals surface area contributed by atoms with Gasteiger partial charge in [-0.15, -0.1) is 0 Å². The molecule has 94 valence electrons. The van der Waals surface area contributed by atoms with Gasteiger partial charge in [0, 0.05) is 32.7 Å². The lowest BCUT2D eigenvalue weighted by Gasteiger charge is -2.34. The summed E-state index contributed by atoms with van der Waals surface area (Å²) in [6.07, 6.45) is 0.756. The van der Waals surface area contributed by atoms with E-state index in [4.69, 9.17) is 5.11 Å².